The molecule has 0 bridgehead atoms. The van der Waals surface area contributed by atoms with Crippen LogP contribution in [0.2, 0.25) is 0 Å². The zero-order chi connectivity index (χ0) is 34.7. The van der Waals surface area contributed by atoms with E-state index in [4.69, 9.17) is 6.42 Å². The van der Waals surface area contributed by atoms with Crippen LogP contribution in [0, 0.1) is 24.2 Å². The molecule has 0 aliphatic rings. The first-order valence-corrected chi connectivity index (χ1v) is 16.8. The maximum absolute atomic E-state index is 13.2. The Morgan fingerprint density at radius 1 is 0.653 bits per heavy atom. The third-order valence-electron chi connectivity index (χ3n) is 9.56. The molecule has 0 radical (unpaired) electrons. The fourth-order valence-electron chi connectivity index (χ4n) is 6.60. The first-order valence-electron chi connectivity index (χ1n) is 16.8. The van der Waals surface area contributed by atoms with Crippen LogP contribution >= 0.6 is 0 Å². The Morgan fingerprint density at radius 2 is 1.22 bits per heavy atom. The Morgan fingerprint density at radius 3 is 1.80 bits per heavy atom. The molecule has 1 atom stereocenters. The van der Waals surface area contributed by atoms with Crippen LogP contribution in [0.4, 0.5) is 0 Å². The van der Waals surface area contributed by atoms with Gasteiger partial charge in [-0.05, 0) is 76.9 Å². The molecule has 2 heterocycles. The molecule has 0 fully saturated rings. The van der Waals surface area contributed by atoms with E-state index in [0.29, 0.717) is 5.56 Å². The summed E-state index contributed by atoms with van der Waals surface area (Å²) in [5.74, 6) is 9.65. The van der Waals surface area contributed by atoms with Gasteiger partial charge in [0.25, 0.3) is 5.91 Å². The topological polar surface area (TPSA) is 60.7 Å². The fraction of sp³-hybridized carbons (Fsp3) is 0.222. The maximum atomic E-state index is 13.2. The van der Waals surface area contributed by atoms with Gasteiger partial charge in [-0.25, -0.2) is 0 Å². The van der Waals surface area contributed by atoms with Gasteiger partial charge in [0.05, 0.1) is 28.1 Å². The third kappa shape index (κ3) is 5.85. The number of hydrogen-bond donors (Lipinski definition) is 3. The molecule has 0 saturated carbocycles. The van der Waals surface area contributed by atoms with Crippen molar-refractivity contribution in [1.82, 2.24) is 15.3 Å². The minimum absolute atomic E-state index is 0.0323. The molecule has 0 aliphatic heterocycles. The molecular weight excluding hydrogens is 599 g/mol. The average molecular weight is 640 g/mol. The number of carbonyl (C=O) groups is 1. The molecular formula is C45H41N3O. The van der Waals surface area contributed by atoms with Crippen molar-refractivity contribution in [1.29, 1.82) is 0 Å². The molecule has 0 aliphatic carbocycles. The van der Waals surface area contributed by atoms with Crippen molar-refractivity contribution in [3.63, 3.8) is 0 Å². The fourth-order valence-corrected chi connectivity index (χ4v) is 6.60. The SMILES string of the molecule is C#Cc1cc(C(C)(C)C)cc2c1[nH]c1c2ccc2c3cc(C(C)(C)C)cc(C#Cc4cccc(C(=O)N[C@@H](C)c5ccccc5)c4)c3[nH]c21. The van der Waals surface area contributed by atoms with E-state index in [-0.39, 0.29) is 22.8 Å². The highest BCUT2D eigenvalue weighted by atomic mass is 16.1. The Labute approximate surface area is 288 Å². The number of nitrogens with one attached hydrogen (secondary N) is 3. The standard InChI is InChI=1S/C45H41N3O/c1-9-29-23-33(44(3,4)5)25-37-35-20-21-36-38-26-34(45(6,7)8)24-31(40(38)48-42(36)41(35)47-39(29)37)19-18-28-14-13-17-32(22-28)43(49)46-27(2)30-15-11-10-12-16-30/h1,10-17,20-27,47-48H,2-8H3,(H,46,49)/t27-/m0/s1. The van der Waals surface area contributed by atoms with Crippen molar-refractivity contribution in [3.05, 3.63) is 130 Å². The molecule has 4 nitrogen and oxygen atoms in total. The van der Waals surface area contributed by atoms with Crippen LogP contribution in [0.3, 0.4) is 0 Å². The Bertz CT molecular complexity index is 2530. The van der Waals surface area contributed by atoms with Crippen LogP contribution in [0.15, 0.2) is 91.0 Å². The molecule has 0 saturated heterocycles. The quantitative estimate of drug-likeness (QED) is 0.166. The number of H-pyrrole nitrogens is 2. The molecule has 49 heavy (non-hydrogen) atoms. The van der Waals surface area contributed by atoms with E-state index in [1.165, 1.54) is 11.1 Å². The molecule has 0 unspecified atom stereocenters. The number of amides is 1. The van der Waals surface area contributed by atoms with Crippen LogP contribution < -0.4 is 5.32 Å². The van der Waals surface area contributed by atoms with Gasteiger partial charge in [0.1, 0.15) is 0 Å². The molecule has 0 spiro atoms. The summed E-state index contributed by atoms with van der Waals surface area (Å²) in [5, 5.41) is 7.64. The molecule has 242 valence electrons. The predicted molar refractivity (Wildman–Crippen MR) is 205 cm³/mol. The van der Waals surface area contributed by atoms with E-state index in [9.17, 15) is 4.79 Å². The lowest BCUT2D eigenvalue weighted by molar-refractivity contribution is 0.0940. The zero-order valence-electron chi connectivity index (χ0n) is 29.2. The highest BCUT2D eigenvalue weighted by Gasteiger charge is 2.22. The molecule has 7 rings (SSSR count). The monoisotopic (exact) mass is 639 g/mol. The van der Waals surface area contributed by atoms with Crippen LogP contribution in [0.25, 0.3) is 43.6 Å². The largest absolute Gasteiger partial charge is 0.352 e. The van der Waals surface area contributed by atoms with Gasteiger partial charge in [-0.2, -0.15) is 0 Å². The van der Waals surface area contributed by atoms with Gasteiger partial charge in [-0.15, -0.1) is 6.42 Å². The van der Waals surface area contributed by atoms with E-state index >= 15 is 0 Å². The molecule has 7 aromatic rings. The van der Waals surface area contributed by atoms with Gasteiger partial charge in [-0.3, -0.25) is 4.79 Å². The molecule has 5 aromatic carbocycles. The Balaban J connectivity index is 1.35. The lowest BCUT2D eigenvalue weighted by Gasteiger charge is -2.19. The summed E-state index contributed by atoms with van der Waals surface area (Å²) >= 11 is 0. The lowest BCUT2D eigenvalue weighted by Crippen LogP contribution is -2.26. The lowest BCUT2D eigenvalue weighted by atomic mass is 9.85. The summed E-state index contributed by atoms with van der Waals surface area (Å²) in [6.45, 7) is 15.3. The number of benzene rings is 5. The van der Waals surface area contributed by atoms with Crippen molar-refractivity contribution < 1.29 is 4.79 Å². The summed E-state index contributed by atoms with van der Waals surface area (Å²) in [5.41, 5.74) is 10.5. The summed E-state index contributed by atoms with van der Waals surface area (Å²) in [6.07, 6.45) is 6.04. The van der Waals surface area contributed by atoms with Gasteiger partial charge in [0.15, 0.2) is 0 Å². The number of hydrogen-bond acceptors (Lipinski definition) is 1. The second kappa shape index (κ2) is 11.8. The minimum Gasteiger partial charge on any atom is -0.352 e. The van der Waals surface area contributed by atoms with Gasteiger partial charge in [0.2, 0.25) is 0 Å². The van der Waals surface area contributed by atoms with Gasteiger partial charge in [0, 0.05) is 43.8 Å². The highest BCUT2D eigenvalue weighted by Crippen LogP contribution is 2.39. The second-order valence-corrected chi connectivity index (χ2v) is 15.1. The summed E-state index contributed by atoms with van der Waals surface area (Å²) in [6, 6.07) is 30.7. The van der Waals surface area contributed by atoms with Crippen molar-refractivity contribution in [2.24, 2.45) is 0 Å². The second-order valence-electron chi connectivity index (χ2n) is 15.1. The van der Waals surface area contributed by atoms with Crippen LogP contribution in [-0.2, 0) is 10.8 Å². The van der Waals surface area contributed by atoms with E-state index in [0.717, 1.165) is 65.9 Å². The Kier molecular flexibility index (Phi) is 7.65. The number of aromatic amines is 2. The van der Waals surface area contributed by atoms with Crippen molar-refractivity contribution in [3.8, 4) is 24.2 Å². The first-order chi connectivity index (χ1) is 23.3. The first kappa shape index (κ1) is 31.9. The van der Waals surface area contributed by atoms with E-state index in [1.54, 1.807) is 0 Å². The van der Waals surface area contributed by atoms with Crippen molar-refractivity contribution in [2.75, 3.05) is 0 Å². The molecule has 2 aromatic heterocycles. The smallest absolute Gasteiger partial charge is 0.251 e. The van der Waals surface area contributed by atoms with Gasteiger partial charge < -0.3 is 15.3 Å². The minimum atomic E-state index is -0.127. The average Bonchev–Trinajstić information content (AvgIpc) is 3.65. The number of rotatable bonds is 3. The van der Waals surface area contributed by atoms with Crippen LogP contribution in [0.5, 0.6) is 0 Å². The van der Waals surface area contributed by atoms with Gasteiger partial charge in [-0.1, -0.05) is 108 Å². The summed E-state index contributed by atoms with van der Waals surface area (Å²) in [4.78, 5) is 20.6. The number of terminal acetylenes is 1. The molecule has 4 heteroatoms. The maximum Gasteiger partial charge on any atom is 0.251 e. The van der Waals surface area contributed by atoms with E-state index < -0.39 is 0 Å². The third-order valence-corrected chi connectivity index (χ3v) is 9.56. The number of aromatic nitrogens is 2. The van der Waals surface area contributed by atoms with Crippen LogP contribution in [0.1, 0.15) is 98.2 Å². The van der Waals surface area contributed by atoms with E-state index in [2.05, 4.69) is 111 Å². The van der Waals surface area contributed by atoms with Crippen molar-refractivity contribution in [2.45, 2.75) is 65.3 Å². The van der Waals surface area contributed by atoms with E-state index in [1.807, 2.05) is 61.5 Å². The zero-order valence-corrected chi connectivity index (χ0v) is 29.2. The van der Waals surface area contributed by atoms with Crippen LogP contribution in [-0.4, -0.2) is 15.9 Å². The summed E-state index contributed by atoms with van der Waals surface area (Å²) in [7, 11) is 0. The molecule has 3 N–H and O–H groups in total. The number of fused-ring (bicyclic) bond motifs is 7. The van der Waals surface area contributed by atoms with Crippen molar-refractivity contribution >= 4 is 49.5 Å². The normalized spacial score (nSPS) is 12.6. The summed E-state index contributed by atoms with van der Waals surface area (Å²) < 4.78 is 0. The predicted octanol–water partition coefficient (Wildman–Crippen LogP) is 10.4. The molecule has 1 amide bonds. The van der Waals surface area contributed by atoms with Gasteiger partial charge >= 0.3 is 0 Å². The number of carbonyl (C=O) groups excluding carboxylic acids is 1. The highest BCUT2D eigenvalue weighted by molar-refractivity contribution is 6.22. The Hall–Kier alpha value is -5.71.